The Hall–Kier alpha value is -7.42. The minimum absolute atomic E-state index is 0.177. The van der Waals surface area contributed by atoms with E-state index in [0.717, 1.165) is 78.1 Å². The summed E-state index contributed by atoms with van der Waals surface area (Å²) in [5.74, 6) is 1.18. The van der Waals surface area contributed by atoms with Crippen LogP contribution >= 0.6 is 0 Å². The van der Waals surface area contributed by atoms with Crippen LogP contribution < -0.4 is 4.90 Å². The van der Waals surface area contributed by atoms with Gasteiger partial charge in [0, 0.05) is 33.6 Å². The molecule has 1 aromatic heterocycles. The fourth-order valence-corrected chi connectivity index (χ4v) is 11.3. The molecule has 1 heterocycles. The van der Waals surface area contributed by atoms with Crippen molar-refractivity contribution >= 4 is 44.8 Å². The first-order chi connectivity index (χ1) is 32.5. The summed E-state index contributed by atoms with van der Waals surface area (Å²) < 4.78 is 6.56. The van der Waals surface area contributed by atoms with Crippen molar-refractivity contribution in [3.63, 3.8) is 0 Å². The second-order valence-electron chi connectivity index (χ2n) is 18.1. The Balaban J connectivity index is 1.05. The van der Waals surface area contributed by atoms with Crippen LogP contribution in [0.25, 0.3) is 38.8 Å². The number of rotatable bonds is 10. The molecule has 2 heteroatoms. The molecule has 2 nitrogen and oxygen atoms in total. The van der Waals surface area contributed by atoms with Gasteiger partial charge in [-0.2, -0.15) is 0 Å². The van der Waals surface area contributed by atoms with Crippen LogP contribution in [0.15, 0.2) is 223 Å². The molecule has 0 spiro atoms. The number of aryl methyl sites for hydroxylation is 1. The summed E-state index contributed by atoms with van der Waals surface area (Å²) in [6, 6.07) is 52.0. The van der Waals surface area contributed by atoms with Gasteiger partial charge in [-0.1, -0.05) is 184 Å². The molecule has 66 heavy (non-hydrogen) atoms. The van der Waals surface area contributed by atoms with E-state index < -0.39 is 0 Å². The molecular formula is C64H55NO. The molecule has 4 aliphatic carbocycles. The zero-order valence-electron chi connectivity index (χ0n) is 38.0. The van der Waals surface area contributed by atoms with Gasteiger partial charge in [0.05, 0.1) is 5.41 Å². The van der Waals surface area contributed by atoms with Crippen LogP contribution in [0.4, 0.5) is 17.1 Å². The van der Waals surface area contributed by atoms with Crippen molar-refractivity contribution in [3.8, 4) is 11.1 Å². The summed E-state index contributed by atoms with van der Waals surface area (Å²) in [7, 11) is 0. The number of para-hydroxylation sites is 1. The topological polar surface area (TPSA) is 16.4 Å². The lowest BCUT2D eigenvalue weighted by molar-refractivity contribution is 0.488. The van der Waals surface area contributed by atoms with Crippen molar-refractivity contribution < 1.29 is 4.42 Å². The van der Waals surface area contributed by atoms with Gasteiger partial charge in [0.15, 0.2) is 0 Å². The molecule has 0 amide bonds. The SMILES string of the molecule is C=C1/C=C\C=C/Cc2c1cccc2-c1ccc(N(c2ccc(C3=CCCc4c3oc3ccccc43)cc2)c2cccc(C3(C(C)/C=C\C=CCC)C4=C(CCC=C4)c4ccccc43)c2)cc1. The van der Waals surface area contributed by atoms with Crippen LogP contribution in [0.3, 0.4) is 0 Å². The minimum atomic E-state index is -0.371. The van der Waals surface area contributed by atoms with Gasteiger partial charge < -0.3 is 9.32 Å². The van der Waals surface area contributed by atoms with Crippen LogP contribution in [0, 0.1) is 5.92 Å². The van der Waals surface area contributed by atoms with Crippen molar-refractivity contribution in [1.82, 2.24) is 0 Å². The van der Waals surface area contributed by atoms with Crippen LogP contribution in [-0.4, -0.2) is 0 Å². The van der Waals surface area contributed by atoms with E-state index in [1.54, 1.807) is 0 Å². The van der Waals surface area contributed by atoms with E-state index in [0.29, 0.717) is 0 Å². The molecule has 0 saturated heterocycles. The first kappa shape index (κ1) is 41.3. The fraction of sp³-hybridized carbons (Fsp3) is 0.156. The Morgan fingerprint density at radius 3 is 2.29 bits per heavy atom. The van der Waals surface area contributed by atoms with E-state index in [1.807, 2.05) is 0 Å². The minimum Gasteiger partial charge on any atom is -0.456 e. The predicted molar refractivity (Wildman–Crippen MR) is 279 cm³/mol. The van der Waals surface area contributed by atoms with E-state index in [9.17, 15) is 0 Å². The van der Waals surface area contributed by atoms with Crippen molar-refractivity contribution in [2.45, 2.75) is 57.8 Å². The Morgan fingerprint density at radius 1 is 0.682 bits per heavy atom. The van der Waals surface area contributed by atoms with E-state index in [2.05, 4.69) is 232 Å². The van der Waals surface area contributed by atoms with E-state index >= 15 is 0 Å². The van der Waals surface area contributed by atoms with Gasteiger partial charge in [0.2, 0.25) is 0 Å². The zero-order chi connectivity index (χ0) is 44.6. The molecule has 4 aliphatic rings. The molecule has 11 rings (SSSR count). The number of hydrogen-bond acceptors (Lipinski definition) is 2. The first-order valence-corrected chi connectivity index (χ1v) is 23.8. The quantitative estimate of drug-likeness (QED) is 0.127. The Morgan fingerprint density at radius 2 is 1.44 bits per heavy atom. The first-order valence-electron chi connectivity index (χ1n) is 23.8. The third-order valence-electron chi connectivity index (χ3n) is 14.3. The smallest absolute Gasteiger partial charge is 0.138 e. The number of anilines is 3. The lowest BCUT2D eigenvalue weighted by Gasteiger charge is -2.39. The molecule has 7 aromatic rings. The van der Waals surface area contributed by atoms with Crippen molar-refractivity contribution in [2.24, 2.45) is 5.92 Å². The molecule has 0 saturated carbocycles. The monoisotopic (exact) mass is 853 g/mol. The van der Waals surface area contributed by atoms with Gasteiger partial charge in [0.25, 0.3) is 0 Å². The number of allylic oxidation sites excluding steroid dienone is 14. The summed E-state index contributed by atoms with van der Waals surface area (Å²) in [5.41, 5.74) is 20.5. The van der Waals surface area contributed by atoms with Crippen molar-refractivity contribution in [2.75, 3.05) is 4.90 Å². The molecule has 0 N–H and O–H groups in total. The number of hydrogen-bond donors (Lipinski definition) is 0. The highest BCUT2D eigenvalue weighted by Crippen LogP contribution is 2.58. The predicted octanol–water partition coefficient (Wildman–Crippen LogP) is 17.2. The van der Waals surface area contributed by atoms with Gasteiger partial charge in [0.1, 0.15) is 11.3 Å². The average Bonchev–Trinajstić information content (AvgIpc) is 3.89. The van der Waals surface area contributed by atoms with Crippen LogP contribution in [0.2, 0.25) is 0 Å². The summed E-state index contributed by atoms with van der Waals surface area (Å²) >= 11 is 0. The Kier molecular flexibility index (Phi) is 11.0. The molecular weight excluding hydrogens is 799 g/mol. The van der Waals surface area contributed by atoms with Crippen LogP contribution in [0.5, 0.6) is 0 Å². The van der Waals surface area contributed by atoms with Gasteiger partial charge in [-0.3, -0.25) is 0 Å². The van der Waals surface area contributed by atoms with Gasteiger partial charge in [-0.05, 0) is 148 Å². The molecule has 2 atom stereocenters. The highest BCUT2D eigenvalue weighted by atomic mass is 16.3. The lowest BCUT2D eigenvalue weighted by Crippen LogP contribution is -2.34. The number of benzene rings is 6. The highest BCUT2D eigenvalue weighted by Gasteiger charge is 2.48. The third kappa shape index (κ3) is 7.04. The summed E-state index contributed by atoms with van der Waals surface area (Å²) in [6.07, 6.45) is 30.8. The Bertz CT molecular complexity index is 3230. The second-order valence-corrected chi connectivity index (χ2v) is 18.1. The molecule has 0 bridgehead atoms. The summed E-state index contributed by atoms with van der Waals surface area (Å²) in [4.78, 5) is 2.44. The summed E-state index contributed by atoms with van der Waals surface area (Å²) in [5, 5.41) is 1.22. The fourth-order valence-electron chi connectivity index (χ4n) is 11.3. The average molecular weight is 854 g/mol. The van der Waals surface area contributed by atoms with E-state index in [1.165, 1.54) is 66.6 Å². The van der Waals surface area contributed by atoms with Crippen molar-refractivity contribution in [3.05, 3.63) is 263 Å². The standard InChI is InChI=1S/C64H55NO/c1-4-5-6-9-21-45(3)64(60-32-14-11-25-56(60)57-26-12-15-33-61(57)64)48-22-17-23-51(43-48)65(49-39-35-46(36-40-49)53-29-18-28-52-44(2)20-8-7-10-24-55(52)53)50-41-37-47(38-42-50)54-30-19-31-59-58-27-13-16-34-62(58)66-63(54)59/h5-11,13-18,20-23,25,27-30,32-43,45H,2,4,12,19,24,26,31H2,1,3H3/b6-5?,10-7-,20-8-,21-9-. The molecule has 6 aromatic carbocycles. The largest absolute Gasteiger partial charge is 0.456 e. The maximum absolute atomic E-state index is 6.56. The molecule has 0 fully saturated rings. The second kappa shape index (κ2) is 17.5. The molecule has 0 aliphatic heterocycles. The number of fused-ring (bicyclic) bond motifs is 6. The molecule has 0 radical (unpaired) electrons. The van der Waals surface area contributed by atoms with E-state index in [-0.39, 0.29) is 11.3 Å². The molecule has 2 unspecified atom stereocenters. The van der Waals surface area contributed by atoms with Gasteiger partial charge in [-0.15, -0.1) is 0 Å². The van der Waals surface area contributed by atoms with Crippen LogP contribution in [-0.2, 0) is 18.3 Å². The number of furan rings is 1. The van der Waals surface area contributed by atoms with Gasteiger partial charge >= 0.3 is 0 Å². The van der Waals surface area contributed by atoms with Crippen LogP contribution in [0.1, 0.15) is 84.2 Å². The number of nitrogens with zero attached hydrogens (tertiary/aromatic N) is 1. The van der Waals surface area contributed by atoms with Crippen molar-refractivity contribution in [1.29, 1.82) is 0 Å². The Labute approximate surface area is 390 Å². The summed E-state index contributed by atoms with van der Waals surface area (Å²) in [6.45, 7) is 9.02. The zero-order valence-corrected chi connectivity index (χ0v) is 38.0. The molecule has 322 valence electrons. The highest BCUT2D eigenvalue weighted by molar-refractivity contribution is 5.92. The maximum Gasteiger partial charge on any atom is 0.138 e. The third-order valence-corrected chi connectivity index (χ3v) is 14.3. The van der Waals surface area contributed by atoms with Gasteiger partial charge in [-0.25, -0.2) is 0 Å². The lowest BCUT2D eigenvalue weighted by atomic mass is 9.63. The normalized spacial score (nSPS) is 18.9. The van der Waals surface area contributed by atoms with E-state index in [4.69, 9.17) is 4.42 Å². The maximum atomic E-state index is 6.56.